The van der Waals surface area contributed by atoms with Gasteiger partial charge in [0, 0.05) is 24.7 Å². The van der Waals surface area contributed by atoms with Gasteiger partial charge in [-0.15, -0.1) is 0 Å². The molecular formula is C18H26N4O2. The summed E-state index contributed by atoms with van der Waals surface area (Å²) >= 11 is 0. The zero-order valence-electron chi connectivity index (χ0n) is 14.5. The van der Waals surface area contributed by atoms with Crippen LogP contribution in [0.2, 0.25) is 0 Å². The summed E-state index contributed by atoms with van der Waals surface area (Å²) in [6.07, 6.45) is 6.74. The zero-order chi connectivity index (χ0) is 16.8. The van der Waals surface area contributed by atoms with Crippen LogP contribution in [0.3, 0.4) is 0 Å². The molecule has 1 heterocycles. The third-order valence-corrected chi connectivity index (χ3v) is 4.71. The van der Waals surface area contributed by atoms with E-state index in [4.69, 9.17) is 9.26 Å². The van der Waals surface area contributed by atoms with Crippen molar-refractivity contribution in [1.29, 1.82) is 0 Å². The Kier molecular flexibility index (Phi) is 5.69. The van der Waals surface area contributed by atoms with Crippen LogP contribution in [0, 0.1) is 0 Å². The molecule has 2 aromatic rings. The molecule has 0 radical (unpaired) electrons. The summed E-state index contributed by atoms with van der Waals surface area (Å²) in [5, 5.41) is 7.25. The number of hydrogen-bond acceptors (Lipinski definition) is 6. The first-order valence-corrected chi connectivity index (χ1v) is 8.68. The second-order valence-corrected chi connectivity index (χ2v) is 6.35. The lowest BCUT2D eigenvalue weighted by Gasteiger charge is -2.31. The smallest absolute Gasteiger partial charge is 0.321 e. The van der Waals surface area contributed by atoms with Crippen LogP contribution < -0.4 is 10.1 Å². The Labute approximate surface area is 143 Å². The van der Waals surface area contributed by atoms with E-state index < -0.39 is 0 Å². The van der Waals surface area contributed by atoms with Crippen molar-refractivity contribution < 1.29 is 9.26 Å². The fourth-order valence-electron chi connectivity index (χ4n) is 3.20. The monoisotopic (exact) mass is 330 g/mol. The van der Waals surface area contributed by atoms with Gasteiger partial charge in [-0.05, 0) is 44.2 Å². The van der Waals surface area contributed by atoms with Crippen molar-refractivity contribution in [3.8, 4) is 17.1 Å². The Morgan fingerprint density at radius 2 is 1.96 bits per heavy atom. The summed E-state index contributed by atoms with van der Waals surface area (Å²) in [4.78, 5) is 6.83. The molecule has 6 heteroatoms. The Bertz CT molecular complexity index is 620. The lowest BCUT2D eigenvalue weighted by molar-refractivity contribution is 0.197. The number of nitrogens with zero attached hydrogens (tertiary/aromatic N) is 3. The minimum Gasteiger partial charge on any atom is -0.497 e. The van der Waals surface area contributed by atoms with Crippen molar-refractivity contribution in [2.24, 2.45) is 0 Å². The van der Waals surface area contributed by atoms with E-state index in [1.165, 1.54) is 32.1 Å². The summed E-state index contributed by atoms with van der Waals surface area (Å²) < 4.78 is 10.4. The highest BCUT2D eigenvalue weighted by Crippen LogP contribution is 2.22. The molecule has 1 aromatic carbocycles. The maximum atomic E-state index is 5.28. The number of ether oxygens (including phenoxy) is 1. The maximum Gasteiger partial charge on any atom is 0.321 e. The van der Waals surface area contributed by atoms with Crippen LogP contribution in [-0.4, -0.2) is 48.3 Å². The molecule has 1 aliphatic carbocycles. The molecular weight excluding hydrogens is 304 g/mol. The average molecular weight is 330 g/mol. The van der Waals surface area contributed by atoms with E-state index in [1.807, 2.05) is 24.3 Å². The number of methoxy groups -OCH3 is 1. The molecule has 0 aliphatic heterocycles. The normalized spacial score (nSPS) is 15.6. The summed E-state index contributed by atoms with van der Waals surface area (Å²) in [6.45, 7) is 1.78. The fraction of sp³-hybridized carbons (Fsp3) is 0.556. The van der Waals surface area contributed by atoms with Crippen molar-refractivity contribution in [2.45, 2.75) is 38.1 Å². The number of nitrogens with one attached hydrogen (secondary N) is 1. The number of benzene rings is 1. The van der Waals surface area contributed by atoms with E-state index in [0.29, 0.717) is 11.8 Å². The van der Waals surface area contributed by atoms with Crippen molar-refractivity contribution in [2.75, 3.05) is 32.6 Å². The highest BCUT2D eigenvalue weighted by atomic mass is 16.5. The molecule has 24 heavy (non-hydrogen) atoms. The number of aromatic nitrogens is 2. The van der Waals surface area contributed by atoms with Crippen LogP contribution in [-0.2, 0) is 0 Å². The summed E-state index contributed by atoms with van der Waals surface area (Å²) in [5.74, 6) is 1.40. The molecule has 1 fully saturated rings. The molecule has 0 unspecified atom stereocenters. The average Bonchev–Trinajstić information content (AvgIpc) is 3.11. The first-order valence-electron chi connectivity index (χ1n) is 8.68. The predicted molar refractivity (Wildman–Crippen MR) is 94.3 cm³/mol. The lowest BCUT2D eigenvalue weighted by atomic mass is 9.94. The first-order chi connectivity index (χ1) is 11.8. The molecule has 1 aliphatic rings. The first kappa shape index (κ1) is 16.8. The van der Waals surface area contributed by atoms with Gasteiger partial charge in [0.15, 0.2) is 0 Å². The van der Waals surface area contributed by atoms with Crippen LogP contribution in [0.5, 0.6) is 5.75 Å². The second kappa shape index (κ2) is 8.15. The molecule has 0 amide bonds. The Morgan fingerprint density at radius 1 is 1.21 bits per heavy atom. The van der Waals surface area contributed by atoms with Gasteiger partial charge in [-0.25, -0.2) is 0 Å². The van der Waals surface area contributed by atoms with Gasteiger partial charge in [0.2, 0.25) is 5.82 Å². The highest BCUT2D eigenvalue weighted by Gasteiger charge is 2.17. The Morgan fingerprint density at radius 3 is 2.67 bits per heavy atom. The minimum absolute atomic E-state index is 0.470. The van der Waals surface area contributed by atoms with E-state index in [0.717, 1.165) is 30.4 Å². The summed E-state index contributed by atoms with van der Waals surface area (Å²) in [6, 6.07) is 8.81. The number of likely N-dealkylation sites (N-methyl/N-ethyl adjacent to an activating group) is 1. The molecule has 1 aromatic heterocycles. The molecule has 6 nitrogen and oxygen atoms in total. The quantitative estimate of drug-likeness (QED) is 0.839. The van der Waals surface area contributed by atoms with Crippen LogP contribution in [0.15, 0.2) is 28.8 Å². The molecule has 1 saturated carbocycles. The van der Waals surface area contributed by atoms with Gasteiger partial charge in [0.1, 0.15) is 5.75 Å². The largest absolute Gasteiger partial charge is 0.497 e. The van der Waals surface area contributed by atoms with Crippen LogP contribution in [0.25, 0.3) is 11.4 Å². The van der Waals surface area contributed by atoms with E-state index in [2.05, 4.69) is 27.4 Å². The van der Waals surface area contributed by atoms with Gasteiger partial charge in [-0.1, -0.05) is 24.4 Å². The molecule has 0 bridgehead atoms. The van der Waals surface area contributed by atoms with Crippen molar-refractivity contribution in [3.05, 3.63) is 24.3 Å². The molecule has 0 atom stereocenters. The van der Waals surface area contributed by atoms with Gasteiger partial charge in [0.05, 0.1) is 7.11 Å². The topological polar surface area (TPSA) is 63.4 Å². The predicted octanol–water partition coefficient (Wildman–Crippen LogP) is 3.42. The Balaban J connectivity index is 1.48. The maximum absolute atomic E-state index is 5.28. The van der Waals surface area contributed by atoms with E-state index in [-0.39, 0.29) is 0 Å². The standard InChI is InChI=1S/C18H26N4O2/c1-22(15-6-4-3-5-7-15)13-12-19-18-20-17(21-24-18)14-8-10-16(23-2)11-9-14/h8-11,15H,3-7,12-13H2,1-2H3,(H,19,20,21). The Hall–Kier alpha value is -2.08. The number of anilines is 1. The van der Waals surface area contributed by atoms with Gasteiger partial charge in [-0.2, -0.15) is 4.98 Å². The lowest BCUT2D eigenvalue weighted by Crippen LogP contribution is -2.36. The number of rotatable bonds is 7. The SMILES string of the molecule is COc1ccc(-c2noc(NCCN(C)C3CCCCC3)n2)cc1. The van der Waals surface area contributed by atoms with Gasteiger partial charge in [-0.3, -0.25) is 0 Å². The van der Waals surface area contributed by atoms with Gasteiger partial charge >= 0.3 is 6.01 Å². The molecule has 1 N–H and O–H groups in total. The van der Waals surface area contributed by atoms with E-state index >= 15 is 0 Å². The van der Waals surface area contributed by atoms with Gasteiger partial charge in [0.25, 0.3) is 0 Å². The van der Waals surface area contributed by atoms with E-state index in [9.17, 15) is 0 Å². The highest BCUT2D eigenvalue weighted by molar-refractivity contribution is 5.56. The zero-order valence-corrected chi connectivity index (χ0v) is 14.5. The van der Waals surface area contributed by atoms with Crippen LogP contribution in [0.4, 0.5) is 6.01 Å². The minimum atomic E-state index is 0.470. The van der Waals surface area contributed by atoms with Crippen LogP contribution in [0.1, 0.15) is 32.1 Å². The molecule has 0 saturated heterocycles. The number of hydrogen-bond donors (Lipinski definition) is 1. The molecule has 0 spiro atoms. The van der Waals surface area contributed by atoms with Crippen molar-refractivity contribution in [3.63, 3.8) is 0 Å². The molecule has 3 rings (SSSR count). The third-order valence-electron chi connectivity index (χ3n) is 4.71. The third kappa shape index (κ3) is 4.26. The molecule has 130 valence electrons. The van der Waals surface area contributed by atoms with E-state index in [1.54, 1.807) is 7.11 Å². The summed E-state index contributed by atoms with van der Waals surface area (Å²) in [7, 11) is 3.85. The fourth-order valence-corrected chi connectivity index (χ4v) is 3.20. The summed E-state index contributed by atoms with van der Waals surface area (Å²) in [5.41, 5.74) is 0.909. The van der Waals surface area contributed by atoms with Crippen molar-refractivity contribution >= 4 is 6.01 Å². The van der Waals surface area contributed by atoms with Crippen LogP contribution >= 0.6 is 0 Å². The van der Waals surface area contributed by atoms with Gasteiger partial charge < -0.3 is 19.5 Å². The second-order valence-electron chi connectivity index (χ2n) is 6.35. The van der Waals surface area contributed by atoms with Crippen molar-refractivity contribution in [1.82, 2.24) is 15.0 Å².